The van der Waals surface area contributed by atoms with E-state index in [2.05, 4.69) is 13.8 Å². The smallest absolute Gasteiger partial charge is 0.235 e. The van der Waals surface area contributed by atoms with Crippen LogP contribution in [0.15, 0.2) is 24.3 Å². The number of thioether (sulfide) groups is 1. The molecular weight excluding hydrogens is 471 g/mol. The molecule has 1 N–H and O–H groups in total. The summed E-state index contributed by atoms with van der Waals surface area (Å²) in [4.78, 5) is 0. The molecule has 159 valence electrons. The molecule has 0 saturated carbocycles. The number of hydrogen-bond donors (Lipinski definition) is 1. The van der Waals surface area contributed by atoms with Gasteiger partial charge in [0, 0.05) is 38.5 Å². The van der Waals surface area contributed by atoms with Gasteiger partial charge in [0.05, 0.1) is 30.0 Å². The van der Waals surface area contributed by atoms with Gasteiger partial charge in [0.2, 0.25) is 10.0 Å². The van der Waals surface area contributed by atoms with Gasteiger partial charge in [-0.1, -0.05) is 51.8 Å². The van der Waals surface area contributed by atoms with Gasteiger partial charge in [0.15, 0.2) is 0 Å². The molecular formula is C20H34NO4S2Y-. The molecule has 0 spiro atoms. The maximum absolute atomic E-state index is 12.7. The van der Waals surface area contributed by atoms with E-state index in [1.54, 1.807) is 12.1 Å². The van der Waals surface area contributed by atoms with Crippen LogP contribution in [0.3, 0.4) is 0 Å². The molecule has 0 aromatic heterocycles. The quantitative estimate of drug-likeness (QED) is 0.218. The summed E-state index contributed by atoms with van der Waals surface area (Å²) < 4.78 is 32.0. The molecule has 1 unspecified atom stereocenters. The van der Waals surface area contributed by atoms with Gasteiger partial charge >= 0.3 is 0 Å². The molecule has 1 radical (unpaired) electrons. The zero-order chi connectivity index (χ0) is 20.1. The van der Waals surface area contributed by atoms with Gasteiger partial charge in [-0.2, -0.15) is 0 Å². The Balaban J connectivity index is 0.00000729. The fourth-order valence-corrected chi connectivity index (χ4v) is 5.39. The molecule has 0 heterocycles. The third-order valence-corrected chi connectivity index (χ3v) is 7.16. The van der Waals surface area contributed by atoms with E-state index < -0.39 is 16.1 Å². The van der Waals surface area contributed by atoms with Crippen molar-refractivity contribution < 1.29 is 51.0 Å². The maximum atomic E-state index is 12.7. The van der Waals surface area contributed by atoms with E-state index in [-0.39, 0.29) is 38.5 Å². The third-order valence-electron chi connectivity index (χ3n) is 4.17. The van der Waals surface area contributed by atoms with Crippen molar-refractivity contribution in [2.45, 2.75) is 52.1 Å². The van der Waals surface area contributed by atoms with Crippen molar-refractivity contribution in [1.82, 2.24) is 0 Å². The normalized spacial score (nSPS) is 12.4. The largest absolute Gasteiger partial charge is 0.413 e. The van der Waals surface area contributed by atoms with Crippen LogP contribution in [0, 0.1) is 6.92 Å². The molecule has 0 aliphatic heterocycles. The van der Waals surface area contributed by atoms with Gasteiger partial charge < -0.3 is 16.8 Å². The average Bonchev–Trinajstić information content (AvgIpc) is 2.64. The van der Waals surface area contributed by atoms with Crippen LogP contribution in [0.4, 0.5) is 5.69 Å². The predicted octanol–water partition coefficient (Wildman–Crippen LogP) is 4.39. The second-order valence-electron chi connectivity index (χ2n) is 6.42. The Morgan fingerprint density at radius 2 is 1.86 bits per heavy atom. The zero-order valence-corrected chi connectivity index (χ0v) is 21.6. The molecule has 1 rings (SSSR count). The van der Waals surface area contributed by atoms with Crippen molar-refractivity contribution in [2.24, 2.45) is 0 Å². The van der Waals surface area contributed by atoms with Gasteiger partial charge in [0.1, 0.15) is 0 Å². The Bertz CT molecular complexity index is 611. The third kappa shape index (κ3) is 10.4. The topological polar surface area (TPSA) is 66.8 Å². The summed E-state index contributed by atoms with van der Waals surface area (Å²) in [6.45, 7) is 8.59. The first kappa shape index (κ1) is 28.3. The minimum Gasteiger partial charge on any atom is -0.413 e. The monoisotopic (exact) mass is 505 g/mol. The summed E-state index contributed by atoms with van der Waals surface area (Å²) in [5.74, 6) is 1.17. The van der Waals surface area contributed by atoms with Crippen molar-refractivity contribution in [3.8, 4) is 0 Å². The van der Waals surface area contributed by atoms with Crippen molar-refractivity contribution in [2.75, 3.05) is 34.9 Å². The van der Waals surface area contributed by atoms with Crippen LogP contribution in [0.25, 0.3) is 0 Å². The SMILES string of the molecule is [CH2-]COCCSCN(c1ccc(C(O)CCCCC)cc1)S(=O)(=O)CCC.[Y]. The van der Waals surface area contributed by atoms with E-state index in [4.69, 9.17) is 4.74 Å². The first-order valence-electron chi connectivity index (χ1n) is 9.69. The maximum Gasteiger partial charge on any atom is 0.235 e. The molecule has 1 aromatic carbocycles. The van der Waals surface area contributed by atoms with Gasteiger partial charge in [-0.3, -0.25) is 4.31 Å². The van der Waals surface area contributed by atoms with E-state index in [9.17, 15) is 13.5 Å². The van der Waals surface area contributed by atoms with Crippen LogP contribution >= 0.6 is 11.8 Å². The molecule has 0 amide bonds. The summed E-state index contributed by atoms with van der Waals surface area (Å²) in [5.41, 5.74) is 1.47. The molecule has 8 heteroatoms. The second kappa shape index (κ2) is 16.1. The summed E-state index contributed by atoms with van der Waals surface area (Å²) >= 11 is 1.52. The number of aliphatic hydroxyl groups is 1. The molecule has 1 aromatic rings. The molecule has 0 aliphatic rings. The van der Waals surface area contributed by atoms with E-state index in [0.717, 1.165) is 31.2 Å². The summed E-state index contributed by atoms with van der Waals surface area (Å²) in [6.07, 6.45) is 4.01. The predicted molar refractivity (Wildman–Crippen MR) is 116 cm³/mol. The van der Waals surface area contributed by atoms with Gasteiger partial charge in [0.25, 0.3) is 0 Å². The van der Waals surface area contributed by atoms with Gasteiger partial charge in [-0.15, -0.1) is 11.8 Å². The van der Waals surface area contributed by atoms with Crippen LogP contribution in [-0.2, 0) is 47.5 Å². The summed E-state index contributed by atoms with van der Waals surface area (Å²) in [6, 6.07) is 7.24. The number of ether oxygens (including phenoxy) is 1. The van der Waals surface area contributed by atoms with E-state index in [1.165, 1.54) is 16.1 Å². The fourth-order valence-electron chi connectivity index (χ4n) is 2.67. The second-order valence-corrected chi connectivity index (χ2v) is 9.50. The number of hydrogen-bond acceptors (Lipinski definition) is 5. The van der Waals surface area contributed by atoms with Crippen LogP contribution < -0.4 is 4.31 Å². The minimum absolute atomic E-state index is 0. The van der Waals surface area contributed by atoms with Crippen LogP contribution in [0.1, 0.15) is 57.6 Å². The molecule has 0 fully saturated rings. The standard InChI is InChI=1S/C20H34NO4S2.Y/c1-4-7-8-9-20(22)18-10-12-19(13-11-18)21(27(23,24)16-5-2)17-26-15-14-25-6-3;/h10-13,20,22H,3-9,14-17H2,1-2H3;/q-1;. The number of rotatable bonds is 15. The Morgan fingerprint density at radius 1 is 1.18 bits per heavy atom. The van der Waals surface area contributed by atoms with Crippen molar-refractivity contribution in [3.05, 3.63) is 36.8 Å². The Kier molecular flexibility index (Phi) is 16.3. The van der Waals surface area contributed by atoms with E-state index in [0.29, 0.717) is 37.0 Å². The fraction of sp³-hybridized carbons (Fsp3) is 0.650. The Hall–Kier alpha value is 0.344. The van der Waals surface area contributed by atoms with Crippen molar-refractivity contribution in [1.29, 1.82) is 0 Å². The van der Waals surface area contributed by atoms with Crippen LogP contribution in [0.2, 0.25) is 0 Å². The average molecular weight is 506 g/mol. The van der Waals surface area contributed by atoms with Gasteiger partial charge in [-0.05, 0) is 30.5 Å². The minimum atomic E-state index is -3.37. The first-order chi connectivity index (χ1) is 13.0. The number of unbranched alkanes of at least 4 members (excludes halogenated alkanes) is 2. The van der Waals surface area contributed by atoms with Crippen LogP contribution in [0.5, 0.6) is 0 Å². The molecule has 0 saturated heterocycles. The van der Waals surface area contributed by atoms with Crippen molar-refractivity contribution >= 4 is 27.5 Å². The summed E-state index contributed by atoms with van der Waals surface area (Å²) in [7, 11) is -3.37. The Morgan fingerprint density at radius 3 is 2.43 bits per heavy atom. The molecule has 28 heavy (non-hydrogen) atoms. The van der Waals surface area contributed by atoms with E-state index in [1.807, 2.05) is 19.1 Å². The molecule has 0 bridgehead atoms. The first-order valence-corrected chi connectivity index (χ1v) is 12.5. The molecule has 5 nitrogen and oxygen atoms in total. The number of anilines is 1. The van der Waals surface area contributed by atoms with E-state index >= 15 is 0 Å². The zero-order valence-electron chi connectivity index (χ0n) is 17.2. The van der Waals surface area contributed by atoms with Crippen molar-refractivity contribution in [3.63, 3.8) is 0 Å². The van der Waals surface area contributed by atoms with Crippen LogP contribution in [-0.4, -0.2) is 44.1 Å². The van der Waals surface area contributed by atoms with Gasteiger partial charge in [-0.25, -0.2) is 8.42 Å². The Labute approximate surface area is 200 Å². The molecule has 0 aliphatic carbocycles. The number of sulfonamides is 1. The summed E-state index contributed by atoms with van der Waals surface area (Å²) in [5, 5.41) is 10.3. The number of nitrogens with zero attached hydrogens (tertiary/aromatic N) is 1. The number of aliphatic hydroxyl groups excluding tert-OH is 1. The number of benzene rings is 1. The molecule has 1 atom stereocenters.